The Kier molecular flexibility index (Phi) is 16.2. The van der Waals surface area contributed by atoms with E-state index < -0.39 is 73.3 Å². The van der Waals surface area contributed by atoms with Gasteiger partial charge >= 0.3 is 23.2 Å². The van der Waals surface area contributed by atoms with E-state index >= 15 is 0 Å². The number of anilines is 2. The van der Waals surface area contributed by atoms with E-state index in [4.69, 9.17) is 19.7 Å². The highest BCUT2D eigenvalue weighted by Crippen LogP contribution is 2.43. The van der Waals surface area contributed by atoms with Crippen molar-refractivity contribution in [2.24, 2.45) is 11.8 Å². The molecular weight excluding hydrogens is 728 g/mol. The van der Waals surface area contributed by atoms with Crippen molar-refractivity contribution in [1.82, 2.24) is 19.1 Å². The molecule has 20 heteroatoms. The number of rotatable bonds is 16. The second-order valence-corrected chi connectivity index (χ2v) is 13.2. The number of carbonyl (C=O) groups is 2. The Balaban J connectivity index is 0.000000290. The number of nitrogens with zero attached hydrogens (tertiary/aromatic N) is 4. The Bertz CT molecular complexity index is 1530. The summed E-state index contributed by atoms with van der Waals surface area (Å²) in [4.78, 5) is 56.2. The van der Waals surface area contributed by atoms with Crippen LogP contribution in [0.1, 0.15) is 91.5 Å². The van der Waals surface area contributed by atoms with Crippen molar-refractivity contribution in [2.45, 2.75) is 128 Å². The summed E-state index contributed by atoms with van der Waals surface area (Å²) in [5.41, 5.74) is -2.13. The van der Waals surface area contributed by atoms with E-state index in [2.05, 4.69) is 20.6 Å². The smallest absolute Gasteiger partial charge is 0.351 e. The van der Waals surface area contributed by atoms with Crippen LogP contribution in [0.2, 0.25) is 0 Å². The molecule has 2 aliphatic heterocycles. The number of hydrogen-bond acceptors (Lipinski definition) is 12. The summed E-state index contributed by atoms with van der Waals surface area (Å²) < 4.78 is 67.5. The van der Waals surface area contributed by atoms with Crippen molar-refractivity contribution in [1.29, 1.82) is 0 Å². The Morgan fingerprint density at radius 2 is 1.02 bits per heavy atom. The van der Waals surface area contributed by atoms with E-state index in [-0.39, 0.29) is 35.3 Å². The zero-order valence-corrected chi connectivity index (χ0v) is 30.5. The van der Waals surface area contributed by atoms with Gasteiger partial charge in [0.15, 0.2) is 12.2 Å². The molecule has 304 valence electrons. The summed E-state index contributed by atoms with van der Waals surface area (Å²) in [6, 6.07) is 2.43. The lowest BCUT2D eigenvalue weighted by Gasteiger charge is -2.21. The van der Waals surface area contributed by atoms with Crippen LogP contribution < -0.4 is 22.0 Å². The number of alkyl halides is 4. The quantitative estimate of drug-likeness (QED) is 0.135. The van der Waals surface area contributed by atoms with E-state index in [0.717, 1.165) is 38.1 Å². The van der Waals surface area contributed by atoms with Gasteiger partial charge in [0.2, 0.25) is 24.3 Å². The lowest BCUT2D eigenvalue weighted by Crippen LogP contribution is -2.41. The maximum absolute atomic E-state index is 14.1. The minimum atomic E-state index is -3.78. The maximum Gasteiger partial charge on any atom is 0.351 e. The molecule has 0 unspecified atom stereocenters. The average Bonchev–Trinajstić information content (AvgIpc) is 3.49. The summed E-state index contributed by atoms with van der Waals surface area (Å²) in [5, 5.41) is 42.2. The van der Waals surface area contributed by atoms with E-state index in [1.54, 1.807) is 0 Å². The van der Waals surface area contributed by atoms with Crippen molar-refractivity contribution >= 4 is 23.5 Å². The first-order valence-corrected chi connectivity index (χ1v) is 18.0. The molecule has 2 aromatic rings. The fourth-order valence-electron chi connectivity index (χ4n) is 6.22. The third kappa shape index (κ3) is 10.3. The number of ether oxygens (including phenoxy) is 2. The predicted octanol–water partition coefficient (Wildman–Crippen LogP) is 2.57. The van der Waals surface area contributed by atoms with Crippen LogP contribution >= 0.6 is 0 Å². The van der Waals surface area contributed by atoms with Crippen LogP contribution in [0.25, 0.3) is 0 Å². The molecule has 54 heavy (non-hydrogen) atoms. The molecular formula is C34H50F4N6O10. The number of aromatic nitrogens is 4. The van der Waals surface area contributed by atoms with Crippen LogP contribution in [0.4, 0.5) is 29.2 Å². The Morgan fingerprint density at radius 3 is 1.26 bits per heavy atom. The summed E-state index contributed by atoms with van der Waals surface area (Å²) in [7, 11) is 0. The van der Waals surface area contributed by atoms with Crippen molar-refractivity contribution in [2.75, 3.05) is 23.8 Å². The summed E-state index contributed by atoms with van der Waals surface area (Å²) in [6.45, 7) is 6.21. The zero-order chi connectivity index (χ0) is 40.4. The molecule has 0 radical (unpaired) electrons. The van der Waals surface area contributed by atoms with Crippen molar-refractivity contribution in [3.05, 3.63) is 45.5 Å². The molecule has 2 saturated heterocycles. The minimum absolute atomic E-state index is 0.0426. The average molecular weight is 779 g/mol. The molecule has 16 nitrogen and oxygen atoms in total. The van der Waals surface area contributed by atoms with E-state index in [1.165, 1.54) is 12.1 Å². The minimum Gasteiger partial charge on any atom is -0.394 e. The monoisotopic (exact) mass is 778 g/mol. The van der Waals surface area contributed by atoms with E-state index in [1.807, 2.05) is 27.7 Å². The third-order valence-corrected chi connectivity index (χ3v) is 9.08. The van der Waals surface area contributed by atoms with Gasteiger partial charge in [-0.2, -0.15) is 27.5 Å². The maximum atomic E-state index is 14.1. The largest absolute Gasteiger partial charge is 0.394 e. The molecule has 4 heterocycles. The number of carbonyl (C=O) groups excluding carboxylic acids is 2. The summed E-state index contributed by atoms with van der Waals surface area (Å²) in [6.07, 6.45) is -3.59. The van der Waals surface area contributed by atoms with Gasteiger partial charge in [0.25, 0.3) is 0 Å². The van der Waals surface area contributed by atoms with Gasteiger partial charge in [-0.25, -0.2) is 9.59 Å². The molecule has 0 saturated carbocycles. The predicted molar refractivity (Wildman–Crippen MR) is 185 cm³/mol. The number of hydrogen-bond donors (Lipinski definition) is 6. The molecule has 2 aliphatic rings. The van der Waals surface area contributed by atoms with Crippen molar-refractivity contribution in [3.8, 4) is 0 Å². The lowest BCUT2D eigenvalue weighted by atomic mass is 9.97. The summed E-state index contributed by atoms with van der Waals surface area (Å²) >= 11 is 0. The van der Waals surface area contributed by atoms with Crippen LogP contribution in [-0.2, 0) is 19.1 Å². The third-order valence-electron chi connectivity index (χ3n) is 9.08. The van der Waals surface area contributed by atoms with Crippen LogP contribution in [0.3, 0.4) is 0 Å². The highest BCUT2D eigenvalue weighted by atomic mass is 19.3. The second kappa shape index (κ2) is 19.7. The molecule has 2 aromatic heterocycles. The molecule has 0 bridgehead atoms. The van der Waals surface area contributed by atoms with Gasteiger partial charge in [-0.3, -0.25) is 18.7 Å². The van der Waals surface area contributed by atoms with E-state index in [0.29, 0.717) is 34.8 Å². The van der Waals surface area contributed by atoms with Crippen LogP contribution in [-0.4, -0.2) is 101 Å². The van der Waals surface area contributed by atoms with Gasteiger partial charge < -0.3 is 40.5 Å². The first-order valence-electron chi connectivity index (χ1n) is 18.0. The van der Waals surface area contributed by atoms with Crippen molar-refractivity contribution < 1.29 is 57.1 Å². The SMILES string of the molecule is CCCC(CCC)C(=O)Nc1ccn([C@@H]2O[C@H](CO)[C@@H](O)C2(F)F)c(=O)n1.CCCC(CCC)C(=O)Nc1ccn([C@@H]2O[C@H](CO)[C@@H](O)C2(F)F)c(=O)n1. The Morgan fingerprint density at radius 1 is 0.704 bits per heavy atom. The zero-order valence-electron chi connectivity index (χ0n) is 30.5. The summed E-state index contributed by atoms with van der Waals surface area (Å²) in [5.74, 6) is -8.63. The first-order chi connectivity index (χ1) is 25.5. The number of aliphatic hydroxyl groups is 4. The van der Waals surface area contributed by atoms with Gasteiger partial charge in [0, 0.05) is 24.2 Å². The Hall–Kier alpha value is -3.82. The normalized spacial score (nSPS) is 24.3. The fourth-order valence-corrected chi connectivity index (χ4v) is 6.22. The standard InChI is InChI=1S/2C17H25F2N3O5/c2*1-3-5-10(6-4-2)14(25)20-12-7-8-22(16(26)21-12)15-17(18,19)13(24)11(9-23)27-15/h2*7-8,10-11,13,15,23-24H,3-6,9H2,1-2H3,(H,20,21,25,26)/t2*11-,13-,15-/m11/s1. The van der Waals surface area contributed by atoms with Gasteiger partial charge in [0.05, 0.1) is 13.2 Å². The van der Waals surface area contributed by atoms with Crippen LogP contribution in [0.15, 0.2) is 34.1 Å². The van der Waals surface area contributed by atoms with Gasteiger partial charge in [-0.05, 0) is 37.8 Å². The molecule has 0 aliphatic carbocycles. The van der Waals surface area contributed by atoms with Gasteiger partial charge in [0.1, 0.15) is 23.8 Å². The molecule has 0 spiro atoms. The molecule has 2 amide bonds. The Labute approximate surface area is 308 Å². The van der Waals surface area contributed by atoms with Crippen LogP contribution in [0.5, 0.6) is 0 Å². The second-order valence-electron chi connectivity index (χ2n) is 13.2. The molecule has 2 fully saturated rings. The molecule has 6 N–H and O–H groups in total. The highest BCUT2D eigenvalue weighted by Gasteiger charge is 2.60. The number of halogens is 4. The van der Waals surface area contributed by atoms with E-state index in [9.17, 15) is 47.0 Å². The highest BCUT2D eigenvalue weighted by molar-refractivity contribution is 5.92. The number of amides is 2. The molecule has 4 rings (SSSR count). The van der Waals surface area contributed by atoms with Crippen molar-refractivity contribution in [3.63, 3.8) is 0 Å². The topological polar surface area (TPSA) is 227 Å². The molecule has 6 atom stereocenters. The van der Waals surface area contributed by atoms with Gasteiger partial charge in [-0.1, -0.05) is 53.4 Å². The number of aliphatic hydroxyl groups excluding tert-OH is 4. The van der Waals surface area contributed by atoms with Crippen LogP contribution in [0, 0.1) is 11.8 Å². The fraction of sp³-hybridized carbons (Fsp3) is 0.706. The van der Waals surface area contributed by atoms with Gasteiger partial charge in [-0.15, -0.1) is 0 Å². The number of nitrogens with one attached hydrogen (secondary N) is 2. The lowest BCUT2D eigenvalue weighted by molar-refractivity contribution is -0.141. The first kappa shape index (κ1) is 44.6. The molecule has 0 aromatic carbocycles.